The minimum Gasteiger partial charge on any atom is -0.310 e. The SMILES string of the molecule is c1ccc(-c2ccc(N(c3ccc(-c4ccccc4-n4c5ccccc5c5ccccc54)cc3)c3ccc(-c4ccc5ccccc5c4)cc3-c3ccccc3)cc2)cc1. The van der Waals surface area contributed by atoms with E-state index in [0.29, 0.717) is 0 Å². The summed E-state index contributed by atoms with van der Waals surface area (Å²) in [4.78, 5) is 2.41. The number of nitrogens with zero attached hydrogens (tertiary/aromatic N) is 2. The summed E-state index contributed by atoms with van der Waals surface area (Å²) >= 11 is 0. The van der Waals surface area contributed by atoms with Crippen molar-refractivity contribution in [2.24, 2.45) is 0 Å². The van der Waals surface area contributed by atoms with Crippen LogP contribution in [0.4, 0.5) is 17.1 Å². The fourth-order valence-corrected chi connectivity index (χ4v) is 8.87. The second kappa shape index (κ2) is 15.1. The average Bonchev–Trinajstić information content (AvgIpc) is 3.67. The fourth-order valence-electron chi connectivity index (χ4n) is 8.87. The maximum Gasteiger partial charge on any atom is 0.0541 e. The van der Waals surface area contributed by atoms with Gasteiger partial charge in [-0.15, -0.1) is 0 Å². The van der Waals surface area contributed by atoms with Gasteiger partial charge in [0.05, 0.1) is 22.4 Å². The normalized spacial score (nSPS) is 11.3. The van der Waals surface area contributed by atoms with Crippen molar-refractivity contribution in [1.29, 1.82) is 0 Å². The third kappa shape index (κ3) is 6.32. The van der Waals surface area contributed by atoms with Crippen LogP contribution in [0.2, 0.25) is 0 Å². The molecular formula is C58H40N2. The van der Waals surface area contributed by atoms with Crippen molar-refractivity contribution in [1.82, 2.24) is 4.57 Å². The minimum atomic E-state index is 1.08. The topological polar surface area (TPSA) is 8.17 Å². The van der Waals surface area contributed by atoms with Crippen LogP contribution in [0.3, 0.4) is 0 Å². The van der Waals surface area contributed by atoms with Crippen molar-refractivity contribution in [3.05, 3.63) is 243 Å². The Hall–Kier alpha value is -7.94. The van der Waals surface area contributed by atoms with Crippen molar-refractivity contribution in [3.8, 4) is 50.2 Å². The first-order chi connectivity index (χ1) is 29.8. The minimum absolute atomic E-state index is 1.08. The molecule has 11 aromatic rings. The Kier molecular flexibility index (Phi) is 8.87. The maximum atomic E-state index is 2.41. The molecule has 0 saturated heterocycles. The molecule has 1 heterocycles. The van der Waals surface area contributed by atoms with Gasteiger partial charge >= 0.3 is 0 Å². The van der Waals surface area contributed by atoms with Crippen LogP contribution in [0.1, 0.15) is 0 Å². The predicted octanol–water partition coefficient (Wildman–Crippen LogP) is 16.1. The quantitative estimate of drug-likeness (QED) is 0.150. The number of aromatic nitrogens is 1. The van der Waals surface area contributed by atoms with Crippen LogP contribution in [-0.4, -0.2) is 4.57 Å². The molecule has 0 saturated carbocycles. The molecule has 10 aromatic carbocycles. The molecule has 0 unspecified atom stereocenters. The zero-order chi connectivity index (χ0) is 39.8. The van der Waals surface area contributed by atoms with E-state index in [1.54, 1.807) is 0 Å². The van der Waals surface area contributed by atoms with E-state index in [0.717, 1.165) is 39.4 Å². The molecule has 282 valence electrons. The number of rotatable bonds is 8. The van der Waals surface area contributed by atoms with E-state index in [1.807, 2.05) is 0 Å². The Balaban J connectivity index is 1.06. The molecule has 2 heteroatoms. The largest absolute Gasteiger partial charge is 0.310 e. The second-order valence-electron chi connectivity index (χ2n) is 15.3. The standard InChI is InChI=1S/C58H40N2/c1-3-15-41(16-4-1)43-29-34-49(35-30-43)59(58-38-33-48(40-54(58)44-18-5-2-6-19-44)47-28-27-42-17-7-8-20-46(42)39-47)50-36-31-45(32-37-50)51-21-9-12-24-55(51)60-56-25-13-10-22-52(56)53-23-11-14-26-57(53)60/h1-40H. The molecule has 0 atom stereocenters. The Morgan fingerprint density at radius 3 is 1.43 bits per heavy atom. The average molecular weight is 765 g/mol. The molecule has 60 heavy (non-hydrogen) atoms. The van der Waals surface area contributed by atoms with E-state index in [9.17, 15) is 0 Å². The molecule has 0 amide bonds. The third-order valence-corrected chi connectivity index (χ3v) is 11.8. The van der Waals surface area contributed by atoms with E-state index in [2.05, 4.69) is 252 Å². The van der Waals surface area contributed by atoms with Crippen molar-refractivity contribution in [3.63, 3.8) is 0 Å². The van der Waals surface area contributed by atoms with Crippen LogP contribution < -0.4 is 4.90 Å². The van der Waals surface area contributed by atoms with Gasteiger partial charge in [0, 0.05) is 33.3 Å². The van der Waals surface area contributed by atoms with Gasteiger partial charge in [0.2, 0.25) is 0 Å². The van der Waals surface area contributed by atoms with Gasteiger partial charge < -0.3 is 9.47 Å². The van der Waals surface area contributed by atoms with Crippen LogP contribution in [0.15, 0.2) is 243 Å². The van der Waals surface area contributed by atoms with Crippen LogP contribution in [0, 0.1) is 0 Å². The Morgan fingerprint density at radius 1 is 0.283 bits per heavy atom. The van der Waals surface area contributed by atoms with Gasteiger partial charge in [-0.05, 0) is 105 Å². The van der Waals surface area contributed by atoms with Gasteiger partial charge in [0.15, 0.2) is 0 Å². The van der Waals surface area contributed by atoms with E-state index < -0.39 is 0 Å². The summed E-state index contributed by atoms with van der Waals surface area (Å²) in [5.74, 6) is 0. The number of hydrogen-bond donors (Lipinski definition) is 0. The molecule has 2 nitrogen and oxygen atoms in total. The summed E-state index contributed by atoms with van der Waals surface area (Å²) in [5.41, 5.74) is 16.3. The van der Waals surface area contributed by atoms with E-state index in [1.165, 1.54) is 60.4 Å². The van der Waals surface area contributed by atoms with Crippen molar-refractivity contribution in [2.75, 3.05) is 4.90 Å². The van der Waals surface area contributed by atoms with E-state index >= 15 is 0 Å². The lowest BCUT2D eigenvalue weighted by molar-refractivity contribution is 1.18. The van der Waals surface area contributed by atoms with Crippen LogP contribution in [0.25, 0.3) is 82.8 Å². The predicted molar refractivity (Wildman–Crippen MR) is 255 cm³/mol. The molecule has 0 aliphatic rings. The lowest BCUT2D eigenvalue weighted by Crippen LogP contribution is -2.11. The van der Waals surface area contributed by atoms with Crippen LogP contribution in [0.5, 0.6) is 0 Å². The summed E-state index contributed by atoms with van der Waals surface area (Å²) in [7, 11) is 0. The number of anilines is 3. The van der Waals surface area contributed by atoms with Gasteiger partial charge in [-0.25, -0.2) is 0 Å². The Bertz CT molecular complexity index is 3240. The molecule has 1 aromatic heterocycles. The summed E-state index contributed by atoms with van der Waals surface area (Å²) in [6, 6.07) is 87.9. The molecule has 0 spiro atoms. The highest BCUT2D eigenvalue weighted by molar-refractivity contribution is 6.09. The molecule has 0 aliphatic carbocycles. The van der Waals surface area contributed by atoms with Crippen LogP contribution in [-0.2, 0) is 0 Å². The maximum absolute atomic E-state index is 2.41. The smallest absolute Gasteiger partial charge is 0.0541 e. The lowest BCUT2D eigenvalue weighted by atomic mass is 9.95. The highest BCUT2D eigenvalue weighted by atomic mass is 15.1. The Morgan fingerprint density at radius 2 is 0.750 bits per heavy atom. The van der Waals surface area contributed by atoms with Crippen molar-refractivity contribution >= 4 is 49.6 Å². The lowest BCUT2D eigenvalue weighted by Gasteiger charge is -2.29. The highest BCUT2D eigenvalue weighted by Crippen LogP contribution is 2.44. The van der Waals surface area contributed by atoms with Gasteiger partial charge in [0.1, 0.15) is 0 Å². The van der Waals surface area contributed by atoms with Crippen molar-refractivity contribution < 1.29 is 0 Å². The first kappa shape index (κ1) is 35.2. The molecular weight excluding hydrogens is 725 g/mol. The van der Waals surface area contributed by atoms with E-state index in [-0.39, 0.29) is 0 Å². The van der Waals surface area contributed by atoms with Crippen LogP contribution >= 0.6 is 0 Å². The highest BCUT2D eigenvalue weighted by Gasteiger charge is 2.20. The Labute approximate surface area is 350 Å². The number of fused-ring (bicyclic) bond motifs is 4. The summed E-state index contributed by atoms with van der Waals surface area (Å²) < 4.78 is 2.41. The summed E-state index contributed by atoms with van der Waals surface area (Å²) in [6.07, 6.45) is 0. The fraction of sp³-hybridized carbons (Fsp3) is 0. The molecule has 11 rings (SSSR count). The van der Waals surface area contributed by atoms with Gasteiger partial charge in [-0.3, -0.25) is 0 Å². The summed E-state index contributed by atoms with van der Waals surface area (Å²) in [6.45, 7) is 0. The van der Waals surface area contributed by atoms with Gasteiger partial charge in [-0.2, -0.15) is 0 Å². The number of benzene rings is 10. The van der Waals surface area contributed by atoms with Gasteiger partial charge in [-0.1, -0.05) is 182 Å². The molecule has 0 aliphatic heterocycles. The molecule has 0 bridgehead atoms. The number of hydrogen-bond acceptors (Lipinski definition) is 1. The molecule has 0 N–H and O–H groups in total. The third-order valence-electron chi connectivity index (χ3n) is 11.8. The van der Waals surface area contributed by atoms with E-state index in [4.69, 9.17) is 0 Å². The first-order valence-corrected chi connectivity index (χ1v) is 20.6. The zero-order valence-corrected chi connectivity index (χ0v) is 33.0. The summed E-state index contributed by atoms with van der Waals surface area (Å²) in [5, 5.41) is 4.99. The number of para-hydroxylation sites is 3. The molecule has 0 radical (unpaired) electrons. The van der Waals surface area contributed by atoms with Crippen molar-refractivity contribution in [2.45, 2.75) is 0 Å². The van der Waals surface area contributed by atoms with Gasteiger partial charge in [0.25, 0.3) is 0 Å². The second-order valence-corrected chi connectivity index (χ2v) is 15.3. The molecule has 0 fully saturated rings. The monoisotopic (exact) mass is 764 g/mol. The first-order valence-electron chi connectivity index (χ1n) is 20.6. The zero-order valence-electron chi connectivity index (χ0n) is 33.0.